The van der Waals surface area contributed by atoms with Crippen molar-refractivity contribution in [3.8, 4) is 0 Å². The van der Waals surface area contributed by atoms with Gasteiger partial charge in [0.2, 0.25) is 11.8 Å². The summed E-state index contributed by atoms with van der Waals surface area (Å²) in [6.45, 7) is 7.74. The fraction of sp³-hybridized carbons (Fsp3) is 0.700. The fourth-order valence-corrected chi connectivity index (χ4v) is 7.00. The third-order valence-electron chi connectivity index (χ3n) is 5.79. The zero-order valence-corrected chi connectivity index (χ0v) is 20.4. The molecule has 1 unspecified atom stereocenters. The molecule has 0 bridgehead atoms. The van der Waals surface area contributed by atoms with Gasteiger partial charge < -0.3 is 10.2 Å². The number of hydrogen-bond acceptors (Lipinski definition) is 6. The van der Waals surface area contributed by atoms with E-state index in [0.29, 0.717) is 36.4 Å². The summed E-state index contributed by atoms with van der Waals surface area (Å²) in [5, 5.41) is 2.99. The summed E-state index contributed by atoms with van der Waals surface area (Å²) in [6, 6.07) is 3.11. The van der Waals surface area contributed by atoms with E-state index in [4.69, 9.17) is 11.6 Å². The quantitative estimate of drug-likeness (QED) is 0.628. The Labute approximate surface area is 193 Å². The number of sulfonamides is 1. The molecule has 0 spiro atoms. The maximum atomic E-state index is 12.8. The number of rotatable bonds is 7. The number of thiophene rings is 1. The van der Waals surface area contributed by atoms with Crippen LogP contribution in [-0.2, 0) is 19.6 Å². The molecule has 0 radical (unpaired) electrons. The largest absolute Gasteiger partial charge is 0.356 e. The molecule has 2 amide bonds. The summed E-state index contributed by atoms with van der Waals surface area (Å²) >= 11 is 6.93. The highest BCUT2D eigenvalue weighted by Crippen LogP contribution is 2.28. The number of likely N-dealkylation sites (tertiary alicyclic amines) is 1. The van der Waals surface area contributed by atoms with Crippen LogP contribution < -0.4 is 5.32 Å². The predicted molar refractivity (Wildman–Crippen MR) is 122 cm³/mol. The lowest BCUT2D eigenvalue weighted by atomic mass is 9.97. The van der Waals surface area contributed by atoms with Gasteiger partial charge in [0, 0.05) is 45.2 Å². The molecule has 1 N–H and O–H groups in total. The Morgan fingerprint density at radius 2 is 1.90 bits per heavy atom. The summed E-state index contributed by atoms with van der Waals surface area (Å²) in [5.74, 6) is 0.415. The number of piperidine rings is 1. The van der Waals surface area contributed by atoms with Gasteiger partial charge in [0.25, 0.3) is 10.0 Å². The van der Waals surface area contributed by atoms with Crippen LogP contribution in [0.3, 0.4) is 0 Å². The summed E-state index contributed by atoms with van der Waals surface area (Å²) < 4.78 is 27.5. The van der Waals surface area contributed by atoms with Crippen LogP contribution in [-0.4, -0.2) is 86.7 Å². The molecule has 0 saturated carbocycles. The highest BCUT2D eigenvalue weighted by Gasteiger charge is 2.32. The summed E-state index contributed by atoms with van der Waals surface area (Å²) in [6.07, 6.45) is 2.05. The molecule has 2 fully saturated rings. The molecule has 2 aliphatic heterocycles. The van der Waals surface area contributed by atoms with Gasteiger partial charge in [-0.25, -0.2) is 8.42 Å². The van der Waals surface area contributed by atoms with Gasteiger partial charge in [-0.05, 0) is 37.4 Å². The number of carbonyl (C=O) groups is 2. The molecule has 174 valence electrons. The molecule has 1 atom stereocenters. The van der Waals surface area contributed by atoms with Gasteiger partial charge in [0.1, 0.15) is 4.21 Å². The van der Waals surface area contributed by atoms with Crippen molar-refractivity contribution >= 4 is 44.8 Å². The molecular weight excluding hydrogens is 460 g/mol. The van der Waals surface area contributed by atoms with Gasteiger partial charge in [-0.3, -0.25) is 14.5 Å². The topological polar surface area (TPSA) is 90.0 Å². The third kappa shape index (κ3) is 6.41. The second kappa shape index (κ2) is 10.6. The zero-order valence-electron chi connectivity index (χ0n) is 18.0. The van der Waals surface area contributed by atoms with Crippen LogP contribution in [0.5, 0.6) is 0 Å². The lowest BCUT2D eigenvalue weighted by Crippen LogP contribution is -2.53. The van der Waals surface area contributed by atoms with E-state index in [1.807, 2.05) is 13.8 Å². The lowest BCUT2D eigenvalue weighted by molar-refractivity contribution is -0.134. The van der Waals surface area contributed by atoms with Crippen molar-refractivity contribution in [1.82, 2.24) is 19.4 Å². The Balaban J connectivity index is 1.46. The molecule has 3 heterocycles. The van der Waals surface area contributed by atoms with Crippen molar-refractivity contribution in [1.29, 1.82) is 0 Å². The maximum absolute atomic E-state index is 12.8. The van der Waals surface area contributed by atoms with Crippen LogP contribution in [0.1, 0.15) is 26.7 Å². The van der Waals surface area contributed by atoms with Gasteiger partial charge in [-0.1, -0.05) is 25.4 Å². The van der Waals surface area contributed by atoms with Crippen LogP contribution >= 0.6 is 22.9 Å². The Hall–Kier alpha value is -1.20. The van der Waals surface area contributed by atoms with E-state index in [1.54, 1.807) is 11.0 Å². The Bertz CT molecular complexity index is 881. The molecular formula is C20H31ClN4O4S2. The maximum Gasteiger partial charge on any atom is 0.252 e. The molecule has 2 saturated heterocycles. The van der Waals surface area contributed by atoms with Gasteiger partial charge in [0.05, 0.1) is 10.9 Å². The minimum Gasteiger partial charge on any atom is -0.356 e. The number of amides is 2. The molecule has 8 nitrogen and oxygen atoms in total. The average Bonchev–Trinajstić information content (AvgIpc) is 3.19. The van der Waals surface area contributed by atoms with Crippen LogP contribution in [0.2, 0.25) is 4.34 Å². The molecule has 2 aliphatic rings. The van der Waals surface area contributed by atoms with Crippen LogP contribution in [0, 0.1) is 11.8 Å². The molecule has 11 heteroatoms. The van der Waals surface area contributed by atoms with Crippen LogP contribution in [0.4, 0.5) is 0 Å². The number of nitrogens with one attached hydrogen (secondary N) is 1. The number of nitrogens with zero attached hydrogens (tertiary/aromatic N) is 3. The lowest BCUT2D eigenvalue weighted by Gasteiger charge is -2.37. The first-order chi connectivity index (χ1) is 14.7. The zero-order chi connectivity index (χ0) is 22.6. The molecule has 1 aromatic rings. The SMILES string of the molecule is CC(C)C(=O)NCC1CCCN(CC(=O)N2CCN(S(=O)(=O)c3ccc(Cl)s3)CC2)C1. The van der Waals surface area contributed by atoms with Crippen LogP contribution in [0.25, 0.3) is 0 Å². The third-order valence-corrected chi connectivity index (χ3v) is 9.38. The summed E-state index contributed by atoms with van der Waals surface area (Å²) in [4.78, 5) is 28.5. The molecule has 3 rings (SSSR count). The molecule has 31 heavy (non-hydrogen) atoms. The summed E-state index contributed by atoms with van der Waals surface area (Å²) in [5.41, 5.74) is 0. The van der Waals surface area contributed by atoms with E-state index in [0.717, 1.165) is 37.3 Å². The van der Waals surface area contributed by atoms with Gasteiger partial charge in [0.15, 0.2) is 0 Å². The first kappa shape index (κ1) is 24.4. The minimum atomic E-state index is -3.56. The minimum absolute atomic E-state index is 0.0273. The van der Waals surface area contributed by atoms with Gasteiger partial charge in [-0.2, -0.15) is 4.31 Å². The molecule has 0 aromatic carbocycles. The number of halogens is 1. The first-order valence-corrected chi connectivity index (χ1v) is 13.3. The molecule has 1 aromatic heterocycles. The number of piperazine rings is 1. The highest BCUT2D eigenvalue weighted by molar-refractivity contribution is 7.91. The van der Waals surface area contributed by atoms with Crippen molar-refractivity contribution in [3.63, 3.8) is 0 Å². The van der Waals surface area contributed by atoms with E-state index >= 15 is 0 Å². The van der Waals surface area contributed by atoms with E-state index in [-0.39, 0.29) is 35.0 Å². The van der Waals surface area contributed by atoms with E-state index < -0.39 is 10.0 Å². The fourth-order valence-electron chi connectivity index (χ4n) is 3.94. The Kier molecular flexibility index (Phi) is 8.37. The smallest absolute Gasteiger partial charge is 0.252 e. The van der Waals surface area contributed by atoms with Crippen molar-refractivity contribution in [2.24, 2.45) is 11.8 Å². The predicted octanol–water partition coefficient (Wildman–Crippen LogP) is 1.72. The van der Waals surface area contributed by atoms with E-state index in [2.05, 4.69) is 10.2 Å². The number of carbonyl (C=O) groups excluding carboxylic acids is 2. The monoisotopic (exact) mass is 490 g/mol. The summed E-state index contributed by atoms with van der Waals surface area (Å²) in [7, 11) is -3.56. The highest BCUT2D eigenvalue weighted by atomic mass is 35.5. The van der Waals surface area contributed by atoms with Crippen LogP contribution in [0.15, 0.2) is 16.3 Å². The standard InChI is InChI=1S/C20H31ClN4O4S2/c1-15(2)20(27)22-12-16-4-3-7-23(13-16)14-18(26)24-8-10-25(11-9-24)31(28,29)19-6-5-17(21)30-19/h5-6,15-16H,3-4,7-14H2,1-2H3,(H,22,27). The Morgan fingerprint density at radius 3 is 2.52 bits per heavy atom. The Morgan fingerprint density at radius 1 is 1.19 bits per heavy atom. The van der Waals surface area contributed by atoms with Gasteiger partial charge >= 0.3 is 0 Å². The van der Waals surface area contributed by atoms with Crippen molar-refractivity contribution in [2.75, 3.05) is 52.4 Å². The second-order valence-corrected chi connectivity index (χ2v) is 12.4. The van der Waals surface area contributed by atoms with Gasteiger partial charge in [-0.15, -0.1) is 11.3 Å². The number of hydrogen-bond donors (Lipinski definition) is 1. The second-order valence-electron chi connectivity index (χ2n) is 8.49. The normalized spacial score (nSPS) is 21.4. The van der Waals surface area contributed by atoms with Crippen molar-refractivity contribution in [2.45, 2.75) is 30.9 Å². The first-order valence-electron chi connectivity index (χ1n) is 10.7. The van der Waals surface area contributed by atoms with Crippen molar-refractivity contribution in [3.05, 3.63) is 16.5 Å². The van der Waals surface area contributed by atoms with Crippen molar-refractivity contribution < 1.29 is 18.0 Å². The molecule has 0 aliphatic carbocycles. The van der Waals surface area contributed by atoms with E-state index in [1.165, 1.54) is 10.4 Å². The van der Waals surface area contributed by atoms with E-state index in [9.17, 15) is 18.0 Å². The average molecular weight is 491 g/mol.